The molecule has 0 spiro atoms. The van der Waals surface area contributed by atoms with E-state index in [1.165, 1.54) is 126 Å². The van der Waals surface area contributed by atoms with Crippen molar-refractivity contribution in [2.45, 2.75) is 121 Å². The van der Waals surface area contributed by atoms with Gasteiger partial charge in [0, 0.05) is 22.1 Å². The molecule has 1 saturated carbocycles. The van der Waals surface area contributed by atoms with E-state index in [0.29, 0.717) is 5.22 Å². The van der Waals surface area contributed by atoms with Crippen LogP contribution in [0.25, 0.3) is 0 Å². The van der Waals surface area contributed by atoms with Gasteiger partial charge in [0.15, 0.2) is 0 Å². The van der Waals surface area contributed by atoms with Crippen molar-refractivity contribution in [2.24, 2.45) is 5.92 Å². The summed E-state index contributed by atoms with van der Waals surface area (Å²) in [5.74, 6) is 0.954. The van der Waals surface area contributed by atoms with Gasteiger partial charge in [-0.25, -0.2) is 0 Å². The Morgan fingerprint density at radius 2 is 1.13 bits per heavy atom. The van der Waals surface area contributed by atoms with E-state index in [0.717, 1.165) is 12.5 Å². The Morgan fingerprint density at radius 1 is 0.652 bits per heavy atom. The smallest absolute Gasteiger partial charge is 0.0488 e. The lowest BCUT2D eigenvalue weighted by atomic mass is 9.87. The summed E-state index contributed by atoms with van der Waals surface area (Å²) < 4.78 is 6.26. The van der Waals surface area contributed by atoms with Crippen LogP contribution < -0.4 is 0 Å². The molecule has 0 amide bonds. The molecule has 1 unspecified atom stereocenters. The normalized spacial score (nSPS) is 31.3. The van der Waals surface area contributed by atoms with Crippen LogP contribution in [0.5, 0.6) is 0 Å². The van der Waals surface area contributed by atoms with E-state index in [4.69, 9.17) is 4.74 Å². The molecule has 2 rings (SSSR count). The lowest BCUT2D eigenvalue weighted by Crippen LogP contribution is -2.38. The predicted molar refractivity (Wildman–Crippen MR) is 105 cm³/mol. The molecule has 0 aromatic heterocycles. The quantitative estimate of drug-likeness (QED) is 0.584. The first-order valence-electron chi connectivity index (χ1n) is 10.9. The molecule has 1 aliphatic carbocycles. The van der Waals surface area contributed by atoms with Gasteiger partial charge in [-0.2, -0.15) is 0 Å². The highest BCUT2D eigenvalue weighted by molar-refractivity contribution is 6.14. The maximum atomic E-state index is 6.26. The Morgan fingerprint density at radius 3 is 1.57 bits per heavy atom. The molecule has 1 atom stereocenters. The molecule has 0 N–H and O–H groups in total. The summed E-state index contributed by atoms with van der Waals surface area (Å²) in [5.41, 5.74) is 0. The number of rotatable bonds is 2. The van der Waals surface area contributed by atoms with Crippen molar-refractivity contribution in [1.29, 1.82) is 0 Å². The molecule has 0 radical (unpaired) electrons. The standard InChI is InChI=1S/C21H42OSi/c23-21(17-13-14-18-22-21)19-20-15-11-9-7-5-3-1-2-4-6-8-10-12-16-20/h20H,1-19H2,23H3. The number of ether oxygens (including phenoxy) is 1. The van der Waals surface area contributed by atoms with Crippen molar-refractivity contribution < 1.29 is 4.74 Å². The fourth-order valence-electron chi connectivity index (χ4n) is 4.75. The molecular formula is C21H42OSi. The molecule has 23 heavy (non-hydrogen) atoms. The maximum absolute atomic E-state index is 6.26. The zero-order chi connectivity index (χ0) is 16.2. The Labute approximate surface area is 148 Å². The molecule has 0 aromatic carbocycles. The summed E-state index contributed by atoms with van der Waals surface area (Å²) in [5, 5.41) is 0.339. The average molecular weight is 339 g/mol. The zero-order valence-corrected chi connectivity index (χ0v) is 17.9. The average Bonchev–Trinajstić information content (AvgIpc) is 2.55. The van der Waals surface area contributed by atoms with E-state index in [9.17, 15) is 0 Å². The first kappa shape index (κ1) is 19.5. The molecule has 2 heteroatoms. The maximum Gasteiger partial charge on any atom is 0.0488 e. The van der Waals surface area contributed by atoms with E-state index >= 15 is 0 Å². The highest BCUT2D eigenvalue weighted by Crippen LogP contribution is 2.33. The van der Waals surface area contributed by atoms with E-state index in [1.54, 1.807) is 0 Å². The second-order valence-electron chi connectivity index (χ2n) is 8.65. The van der Waals surface area contributed by atoms with Crippen molar-refractivity contribution in [3.8, 4) is 0 Å². The van der Waals surface area contributed by atoms with Gasteiger partial charge in [0.1, 0.15) is 0 Å². The zero-order valence-electron chi connectivity index (χ0n) is 15.9. The minimum atomic E-state index is 0.339. The minimum Gasteiger partial charge on any atom is -0.380 e. The lowest BCUT2D eigenvalue weighted by molar-refractivity contribution is -0.0338. The Bertz CT molecular complexity index is 270. The predicted octanol–water partition coefficient (Wildman–Crippen LogP) is 5.73. The van der Waals surface area contributed by atoms with Crippen LogP contribution in [-0.4, -0.2) is 22.1 Å². The second kappa shape index (κ2) is 11.7. The van der Waals surface area contributed by atoms with Gasteiger partial charge >= 0.3 is 0 Å². The molecule has 1 nitrogen and oxygen atoms in total. The molecular weight excluding hydrogens is 296 g/mol. The molecule has 136 valence electrons. The third-order valence-electron chi connectivity index (χ3n) is 6.25. The Balaban J connectivity index is 1.76. The summed E-state index contributed by atoms with van der Waals surface area (Å²) in [6.45, 7) is 1.04. The highest BCUT2D eigenvalue weighted by Gasteiger charge is 2.30. The third-order valence-corrected chi connectivity index (χ3v) is 7.44. The van der Waals surface area contributed by atoms with E-state index in [-0.39, 0.29) is 0 Å². The first-order chi connectivity index (χ1) is 11.3. The molecule has 0 aromatic rings. The van der Waals surface area contributed by atoms with Crippen LogP contribution in [0.2, 0.25) is 0 Å². The van der Waals surface area contributed by atoms with Crippen LogP contribution in [0.15, 0.2) is 0 Å². The molecule has 1 heterocycles. The Hall–Kier alpha value is 0.177. The lowest BCUT2D eigenvalue weighted by Gasteiger charge is -2.37. The minimum absolute atomic E-state index is 0.339. The Kier molecular flexibility index (Phi) is 9.91. The van der Waals surface area contributed by atoms with Gasteiger partial charge in [-0.3, -0.25) is 0 Å². The van der Waals surface area contributed by atoms with Gasteiger partial charge in [-0.15, -0.1) is 0 Å². The number of hydrogen-bond acceptors (Lipinski definition) is 1. The third kappa shape index (κ3) is 8.72. The monoisotopic (exact) mass is 338 g/mol. The van der Waals surface area contributed by atoms with E-state index in [1.807, 2.05) is 0 Å². The fraction of sp³-hybridized carbons (Fsp3) is 1.00. The molecule has 2 fully saturated rings. The van der Waals surface area contributed by atoms with Gasteiger partial charge in [-0.05, 0) is 31.6 Å². The topological polar surface area (TPSA) is 9.23 Å². The summed E-state index contributed by atoms with van der Waals surface area (Å²) in [6, 6.07) is 0. The largest absolute Gasteiger partial charge is 0.380 e. The second-order valence-corrected chi connectivity index (χ2v) is 10.5. The van der Waals surface area contributed by atoms with Crippen LogP contribution in [-0.2, 0) is 4.74 Å². The van der Waals surface area contributed by atoms with E-state index < -0.39 is 0 Å². The van der Waals surface area contributed by atoms with Crippen LogP contribution in [0, 0.1) is 5.92 Å². The van der Waals surface area contributed by atoms with Gasteiger partial charge in [-0.1, -0.05) is 89.9 Å². The van der Waals surface area contributed by atoms with Gasteiger partial charge < -0.3 is 4.74 Å². The van der Waals surface area contributed by atoms with Crippen molar-refractivity contribution >= 4 is 10.2 Å². The van der Waals surface area contributed by atoms with Crippen molar-refractivity contribution in [2.75, 3.05) is 6.61 Å². The molecule has 0 bridgehead atoms. The van der Waals surface area contributed by atoms with Crippen LogP contribution in [0.3, 0.4) is 0 Å². The summed E-state index contributed by atoms with van der Waals surface area (Å²) in [4.78, 5) is 0. The van der Waals surface area contributed by atoms with E-state index in [2.05, 4.69) is 0 Å². The SMILES string of the molecule is [SiH3]C1(CC2CCCCCCCCCCCCCC2)CCCCO1. The van der Waals surface area contributed by atoms with Crippen molar-refractivity contribution in [1.82, 2.24) is 0 Å². The summed E-state index contributed by atoms with van der Waals surface area (Å²) in [6.07, 6.45) is 26.2. The fourth-order valence-corrected chi connectivity index (χ4v) is 5.88. The van der Waals surface area contributed by atoms with Crippen LogP contribution >= 0.6 is 0 Å². The van der Waals surface area contributed by atoms with Crippen molar-refractivity contribution in [3.05, 3.63) is 0 Å². The molecule has 1 aliphatic heterocycles. The number of hydrogen-bond donors (Lipinski definition) is 0. The van der Waals surface area contributed by atoms with Crippen molar-refractivity contribution in [3.63, 3.8) is 0 Å². The van der Waals surface area contributed by atoms with Crippen LogP contribution in [0.4, 0.5) is 0 Å². The van der Waals surface area contributed by atoms with Crippen LogP contribution in [0.1, 0.15) is 116 Å². The first-order valence-corrected chi connectivity index (χ1v) is 11.9. The summed E-state index contributed by atoms with van der Waals surface area (Å²) in [7, 11) is 1.24. The highest BCUT2D eigenvalue weighted by atomic mass is 28.1. The summed E-state index contributed by atoms with van der Waals surface area (Å²) >= 11 is 0. The van der Waals surface area contributed by atoms with Gasteiger partial charge in [0.25, 0.3) is 0 Å². The molecule has 1 saturated heterocycles. The molecule has 2 aliphatic rings. The van der Waals surface area contributed by atoms with Gasteiger partial charge in [0.2, 0.25) is 0 Å². The van der Waals surface area contributed by atoms with Gasteiger partial charge in [0.05, 0.1) is 0 Å².